The molecule has 74 valence electrons. The second-order valence-corrected chi connectivity index (χ2v) is 4.84. The highest BCUT2D eigenvalue weighted by molar-refractivity contribution is 8.15. The van der Waals surface area contributed by atoms with Crippen LogP contribution in [0.2, 0.25) is 0 Å². The van der Waals surface area contributed by atoms with E-state index in [0.717, 1.165) is 11.8 Å². The van der Waals surface area contributed by atoms with Crippen LogP contribution in [-0.2, 0) is 14.4 Å². The molecular formula is C9H9NO3S. The Hall–Kier alpha value is -1.10. The van der Waals surface area contributed by atoms with Gasteiger partial charge in [0.1, 0.15) is 4.75 Å². The molecule has 2 aliphatic rings. The van der Waals surface area contributed by atoms with Gasteiger partial charge >= 0.3 is 0 Å². The zero-order valence-electron chi connectivity index (χ0n) is 7.62. The molecule has 1 unspecified atom stereocenters. The Balaban J connectivity index is 2.41. The van der Waals surface area contributed by atoms with E-state index in [0.29, 0.717) is 18.4 Å². The highest BCUT2D eigenvalue weighted by Crippen LogP contribution is 2.45. The lowest BCUT2D eigenvalue weighted by atomic mass is 10.0. The molecule has 1 saturated heterocycles. The number of imide groups is 1. The van der Waals surface area contributed by atoms with Crippen molar-refractivity contribution in [3.8, 4) is 0 Å². The van der Waals surface area contributed by atoms with Gasteiger partial charge in [0.15, 0.2) is 5.12 Å². The van der Waals surface area contributed by atoms with Crippen molar-refractivity contribution in [1.82, 2.24) is 5.32 Å². The van der Waals surface area contributed by atoms with E-state index in [-0.39, 0.29) is 16.9 Å². The molecule has 0 bridgehead atoms. The van der Waals surface area contributed by atoms with Crippen LogP contribution in [-0.4, -0.2) is 21.7 Å². The zero-order chi connectivity index (χ0) is 10.3. The molecule has 1 aliphatic carbocycles. The summed E-state index contributed by atoms with van der Waals surface area (Å²) in [5, 5.41) is 2.11. The van der Waals surface area contributed by atoms with Crippen LogP contribution in [0.5, 0.6) is 0 Å². The molecule has 2 rings (SSSR count). The molecule has 0 aromatic carbocycles. The number of amides is 2. The molecule has 1 atom stereocenters. The highest BCUT2D eigenvalue weighted by atomic mass is 32.2. The number of carbonyl (C=O) groups is 3. The fourth-order valence-electron chi connectivity index (χ4n) is 1.90. The smallest absolute Gasteiger partial charge is 0.255 e. The van der Waals surface area contributed by atoms with Crippen molar-refractivity contribution in [3.63, 3.8) is 0 Å². The van der Waals surface area contributed by atoms with Gasteiger partial charge in [0.05, 0.1) is 0 Å². The summed E-state index contributed by atoms with van der Waals surface area (Å²) in [5.41, 5.74) is 0.461. The highest BCUT2D eigenvalue weighted by Gasteiger charge is 2.54. The summed E-state index contributed by atoms with van der Waals surface area (Å²) in [6.45, 7) is 1.41. The van der Waals surface area contributed by atoms with Gasteiger partial charge in [0.25, 0.3) is 5.91 Å². The summed E-state index contributed by atoms with van der Waals surface area (Å²) in [6.07, 6.45) is 2.98. The monoisotopic (exact) mass is 211 g/mol. The first-order chi connectivity index (χ1) is 6.56. The van der Waals surface area contributed by atoms with Gasteiger partial charge in [0.2, 0.25) is 5.91 Å². The summed E-state index contributed by atoms with van der Waals surface area (Å²) in [5.74, 6) is -0.687. The fraction of sp³-hybridized carbons (Fsp3) is 0.444. The van der Waals surface area contributed by atoms with Crippen LogP contribution in [0.4, 0.5) is 0 Å². The second-order valence-electron chi connectivity index (χ2n) is 3.36. The third-order valence-electron chi connectivity index (χ3n) is 2.44. The number of fused-ring (bicyclic) bond motifs is 1. The van der Waals surface area contributed by atoms with Gasteiger partial charge in [-0.25, -0.2) is 0 Å². The molecule has 0 radical (unpaired) electrons. The molecule has 0 aromatic heterocycles. The minimum absolute atomic E-state index is 0.136. The van der Waals surface area contributed by atoms with E-state index in [1.807, 2.05) is 0 Å². The van der Waals surface area contributed by atoms with Crippen molar-refractivity contribution < 1.29 is 14.4 Å². The molecule has 1 heterocycles. The van der Waals surface area contributed by atoms with Gasteiger partial charge < -0.3 is 0 Å². The van der Waals surface area contributed by atoms with E-state index < -0.39 is 4.75 Å². The molecular weight excluding hydrogens is 202 g/mol. The van der Waals surface area contributed by atoms with Crippen LogP contribution in [0.15, 0.2) is 11.6 Å². The van der Waals surface area contributed by atoms with Gasteiger partial charge in [-0.1, -0.05) is 17.8 Å². The van der Waals surface area contributed by atoms with Crippen LogP contribution in [0.3, 0.4) is 0 Å². The molecule has 0 saturated carbocycles. The molecule has 1 N–H and O–H groups in total. The van der Waals surface area contributed by atoms with Crippen LogP contribution in [0.25, 0.3) is 0 Å². The zero-order valence-corrected chi connectivity index (χ0v) is 8.44. The minimum atomic E-state index is -0.914. The van der Waals surface area contributed by atoms with Crippen LogP contribution < -0.4 is 5.32 Å². The largest absolute Gasteiger partial charge is 0.291 e. The van der Waals surface area contributed by atoms with E-state index in [1.165, 1.54) is 6.92 Å². The minimum Gasteiger partial charge on any atom is -0.291 e. The Kier molecular flexibility index (Phi) is 1.99. The van der Waals surface area contributed by atoms with Crippen LogP contribution in [0, 0.1) is 0 Å². The Bertz CT molecular complexity index is 374. The number of hydrogen-bond donors (Lipinski definition) is 1. The van der Waals surface area contributed by atoms with Crippen molar-refractivity contribution in [2.75, 3.05) is 0 Å². The van der Waals surface area contributed by atoms with Gasteiger partial charge in [-0.2, -0.15) is 0 Å². The molecule has 0 spiro atoms. The average molecular weight is 211 g/mol. The molecule has 1 fully saturated rings. The van der Waals surface area contributed by atoms with Crippen molar-refractivity contribution in [2.24, 2.45) is 0 Å². The maximum absolute atomic E-state index is 11.6. The number of rotatable bonds is 1. The Morgan fingerprint density at radius 3 is 2.93 bits per heavy atom. The molecule has 2 amide bonds. The quantitative estimate of drug-likeness (QED) is 0.637. The standard InChI is InChI=1S/C9H9NO3S/c1-5(11)14-9-4-2-3-6(9)7(12)10-8(9)13/h3H,2,4H2,1H3,(H,10,12,13). The summed E-state index contributed by atoms with van der Waals surface area (Å²) in [4.78, 5) is 33.9. The van der Waals surface area contributed by atoms with E-state index in [4.69, 9.17) is 0 Å². The lowest BCUT2D eigenvalue weighted by Gasteiger charge is -2.19. The predicted octanol–water partition coefficient (Wildman–Crippen LogP) is 0.382. The summed E-state index contributed by atoms with van der Waals surface area (Å²) < 4.78 is -0.914. The van der Waals surface area contributed by atoms with Crippen molar-refractivity contribution >= 4 is 28.7 Å². The maximum atomic E-state index is 11.6. The van der Waals surface area contributed by atoms with Gasteiger partial charge in [-0.15, -0.1) is 0 Å². The maximum Gasteiger partial charge on any atom is 0.255 e. The first-order valence-corrected chi connectivity index (χ1v) is 5.14. The summed E-state index contributed by atoms with van der Waals surface area (Å²) in [6, 6.07) is 0. The first-order valence-electron chi connectivity index (χ1n) is 4.32. The van der Waals surface area contributed by atoms with Crippen LogP contribution in [0.1, 0.15) is 19.8 Å². The third kappa shape index (κ3) is 1.12. The molecule has 14 heavy (non-hydrogen) atoms. The fourth-order valence-corrected chi connectivity index (χ4v) is 3.04. The normalized spacial score (nSPS) is 29.9. The van der Waals surface area contributed by atoms with Crippen LogP contribution >= 0.6 is 11.8 Å². The summed E-state index contributed by atoms with van der Waals surface area (Å²) in [7, 11) is 0. The van der Waals surface area contributed by atoms with Gasteiger partial charge in [-0.3, -0.25) is 19.7 Å². The molecule has 4 nitrogen and oxygen atoms in total. The Morgan fingerprint density at radius 2 is 2.29 bits per heavy atom. The molecule has 0 aromatic rings. The Morgan fingerprint density at radius 1 is 1.57 bits per heavy atom. The Labute approximate surface area is 85.1 Å². The van der Waals surface area contributed by atoms with E-state index in [9.17, 15) is 14.4 Å². The van der Waals surface area contributed by atoms with Crippen molar-refractivity contribution in [2.45, 2.75) is 24.5 Å². The van der Waals surface area contributed by atoms with E-state index >= 15 is 0 Å². The van der Waals surface area contributed by atoms with Gasteiger partial charge in [0, 0.05) is 12.5 Å². The van der Waals surface area contributed by atoms with E-state index in [2.05, 4.69) is 5.32 Å². The second kappa shape index (κ2) is 2.95. The lowest BCUT2D eigenvalue weighted by Crippen LogP contribution is -2.35. The third-order valence-corrected chi connectivity index (χ3v) is 3.68. The SMILES string of the molecule is CC(=O)SC12CCC=C1C(=O)NC2=O. The number of carbonyl (C=O) groups excluding carboxylic acids is 3. The van der Waals surface area contributed by atoms with E-state index in [1.54, 1.807) is 6.08 Å². The lowest BCUT2D eigenvalue weighted by molar-refractivity contribution is -0.125. The topological polar surface area (TPSA) is 63.2 Å². The number of allylic oxidation sites excluding steroid dienone is 1. The first kappa shape index (κ1) is 9.45. The number of hydrogen-bond acceptors (Lipinski definition) is 4. The molecule has 5 heteroatoms. The number of nitrogens with one attached hydrogen (secondary N) is 1. The average Bonchev–Trinajstić information content (AvgIpc) is 2.55. The van der Waals surface area contributed by atoms with Crippen molar-refractivity contribution in [3.05, 3.63) is 11.6 Å². The summed E-state index contributed by atoms with van der Waals surface area (Å²) >= 11 is 0.952. The predicted molar refractivity (Wildman–Crippen MR) is 51.5 cm³/mol. The van der Waals surface area contributed by atoms with Crippen molar-refractivity contribution in [1.29, 1.82) is 0 Å². The van der Waals surface area contributed by atoms with Gasteiger partial charge in [-0.05, 0) is 12.8 Å². The molecule has 1 aliphatic heterocycles. The number of thioether (sulfide) groups is 1.